The molecule has 0 rings (SSSR count). The van der Waals surface area contributed by atoms with Crippen LogP contribution in [0.5, 0.6) is 0 Å². The molecule has 0 saturated heterocycles. The average molecular weight is 140 g/mol. The molecule has 0 unspecified atom stereocenters. The molecule has 0 aromatic heterocycles. The molecule has 0 aliphatic heterocycles. The molecule has 0 spiro atoms. The van der Waals surface area contributed by atoms with E-state index >= 15 is 0 Å². The first-order valence-corrected chi connectivity index (χ1v) is 2.34. The Morgan fingerprint density at radius 3 is 2.56 bits per heavy atom. The first-order valence-electron chi connectivity index (χ1n) is 2.34. The molecule has 0 fully saturated rings. The standard InChI is InChI=1S/C5H8O3.Na.H/c1-5(7)8-4-2-3-6;;/h3H,2,4H2,1H3;;. The summed E-state index contributed by atoms with van der Waals surface area (Å²) in [5, 5.41) is 0. The van der Waals surface area contributed by atoms with Crippen molar-refractivity contribution in [3.05, 3.63) is 0 Å². The molecular formula is C5H9NaO3. The number of hydrogen-bond donors (Lipinski definition) is 0. The molecule has 0 heterocycles. The molecule has 0 amide bonds. The second-order valence-electron chi connectivity index (χ2n) is 1.30. The number of esters is 1. The number of ether oxygens (including phenoxy) is 1. The summed E-state index contributed by atoms with van der Waals surface area (Å²) in [5.41, 5.74) is 0. The molecule has 0 N–H and O–H groups in total. The summed E-state index contributed by atoms with van der Waals surface area (Å²) >= 11 is 0. The van der Waals surface area contributed by atoms with E-state index in [1.165, 1.54) is 6.92 Å². The van der Waals surface area contributed by atoms with Gasteiger partial charge in [-0.1, -0.05) is 0 Å². The van der Waals surface area contributed by atoms with Gasteiger partial charge < -0.3 is 9.53 Å². The van der Waals surface area contributed by atoms with Crippen LogP contribution < -0.4 is 0 Å². The van der Waals surface area contributed by atoms with E-state index in [4.69, 9.17) is 0 Å². The fourth-order valence-corrected chi connectivity index (χ4v) is 0.251. The SMILES string of the molecule is CC(=O)OCCC=O.[NaH]. The summed E-state index contributed by atoms with van der Waals surface area (Å²) in [7, 11) is 0. The van der Waals surface area contributed by atoms with Crippen molar-refractivity contribution >= 4 is 41.8 Å². The molecule has 0 aromatic carbocycles. The fourth-order valence-electron chi connectivity index (χ4n) is 0.251. The van der Waals surface area contributed by atoms with Gasteiger partial charge >= 0.3 is 35.5 Å². The number of carbonyl (C=O) groups excluding carboxylic acids is 2. The van der Waals surface area contributed by atoms with E-state index in [0.29, 0.717) is 12.7 Å². The van der Waals surface area contributed by atoms with Gasteiger partial charge in [-0.15, -0.1) is 0 Å². The summed E-state index contributed by atoms with van der Waals surface area (Å²) in [5.74, 6) is -0.341. The van der Waals surface area contributed by atoms with Gasteiger partial charge in [0, 0.05) is 13.3 Å². The normalized spacial score (nSPS) is 7.22. The van der Waals surface area contributed by atoms with Gasteiger partial charge in [0.05, 0.1) is 6.61 Å². The van der Waals surface area contributed by atoms with E-state index in [-0.39, 0.29) is 42.1 Å². The zero-order valence-electron chi connectivity index (χ0n) is 4.72. The van der Waals surface area contributed by atoms with Crippen LogP contribution in [0.15, 0.2) is 0 Å². The Labute approximate surface area is 76.0 Å². The van der Waals surface area contributed by atoms with Gasteiger partial charge in [-0.2, -0.15) is 0 Å². The Hall–Kier alpha value is 0.140. The molecular weight excluding hydrogens is 131 g/mol. The molecule has 0 aliphatic rings. The van der Waals surface area contributed by atoms with Gasteiger partial charge in [-0.25, -0.2) is 0 Å². The Morgan fingerprint density at radius 1 is 1.67 bits per heavy atom. The van der Waals surface area contributed by atoms with Gasteiger partial charge in [0.25, 0.3) is 0 Å². The van der Waals surface area contributed by atoms with E-state index in [0.717, 1.165) is 0 Å². The third kappa shape index (κ3) is 11.6. The summed E-state index contributed by atoms with van der Waals surface area (Å²) in [6, 6.07) is 0. The molecule has 48 valence electrons. The van der Waals surface area contributed by atoms with Crippen LogP contribution in [0.1, 0.15) is 13.3 Å². The van der Waals surface area contributed by atoms with E-state index in [9.17, 15) is 9.59 Å². The molecule has 0 bridgehead atoms. The maximum atomic E-state index is 9.98. The summed E-state index contributed by atoms with van der Waals surface area (Å²) < 4.78 is 4.41. The van der Waals surface area contributed by atoms with Crippen molar-refractivity contribution in [2.75, 3.05) is 6.61 Å². The van der Waals surface area contributed by atoms with Crippen molar-refractivity contribution in [1.29, 1.82) is 0 Å². The summed E-state index contributed by atoms with van der Waals surface area (Å²) in [4.78, 5) is 19.6. The van der Waals surface area contributed by atoms with Gasteiger partial charge in [0.1, 0.15) is 6.29 Å². The Morgan fingerprint density at radius 2 is 2.22 bits per heavy atom. The molecule has 4 heteroatoms. The van der Waals surface area contributed by atoms with Crippen LogP contribution in [-0.2, 0) is 14.3 Å². The van der Waals surface area contributed by atoms with Crippen LogP contribution in [-0.4, -0.2) is 48.4 Å². The van der Waals surface area contributed by atoms with Crippen molar-refractivity contribution in [2.24, 2.45) is 0 Å². The van der Waals surface area contributed by atoms with Gasteiger partial charge in [-0.05, 0) is 0 Å². The van der Waals surface area contributed by atoms with Gasteiger partial charge in [-0.3, -0.25) is 4.79 Å². The Bertz CT molecular complexity index is 92.2. The predicted molar refractivity (Wildman–Crippen MR) is 34.5 cm³/mol. The van der Waals surface area contributed by atoms with Crippen molar-refractivity contribution in [2.45, 2.75) is 13.3 Å². The minimum atomic E-state index is -0.341. The Kier molecular flexibility index (Phi) is 10.7. The quantitative estimate of drug-likeness (QED) is 0.229. The zero-order valence-corrected chi connectivity index (χ0v) is 4.72. The van der Waals surface area contributed by atoms with Crippen LogP contribution in [0.4, 0.5) is 0 Å². The van der Waals surface area contributed by atoms with Crippen LogP contribution >= 0.6 is 0 Å². The van der Waals surface area contributed by atoms with Crippen LogP contribution in [0.2, 0.25) is 0 Å². The molecule has 0 aliphatic carbocycles. The van der Waals surface area contributed by atoms with Gasteiger partial charge in [0.2, 0.25) is 0 Å². The van der Waals surface area contributed by atoms with Crippen molar-refractivity contribution < 1.29 is 14.3 Å². The molecule has 3 nitrogen and oxygen atoms in total. The van der Waals surface area contributed by atoms with Crippen molar-refractivity contribution in [1.82, 2.24) is 0 Å². The zero-order chi connectivity index (χ0) is 6.41. The minimum absolute atomic E-state index is 0. The number of carbonyl (C=O) groups is 2. The van der Waals surface area contributed by atoms with Crippen molar-refractivity contribution in [3.8, 4) is 0 Å². The van der Waals surface area contributed by atoms with E-state index < -0.39 is 0 Å². The topological polar surface area (TPSA) is 43.4 Å². The average Bonchev–Trinajstić information content (AvgIpc) is 1.66. The molecule has 0 saturated carbocycles. The first-order chi connectivity index (χ1) is 3.77. The van der Waals surface area contributed by atoms with Gasteiger partial charge in [0.15, 0.2) is 0 Å². The second-order valence-corrected chi connectivity index (χ2v) is 1.30. The fraction of sp³-hybridized carbons (Fsp3) is 0.600. The van der Waals surface area contributed by atoms with Crippen LogP contribution in [0, 0.1) is 0 Å². The second kappa shape index (κ2) is 8.14. The van der Waals surface area contributed by atoms with Crippen LogP contribution in [0.3, 0.4) is 0 Å². The predicted octanol–water partition coefficient (Wildman–Crippen LogP) is -0.510. The molecule has 0 radical (unpaired) electrons. The summed E-state index contributed by atoms with van der Waals surface area (Å²) in [6.45, 7) is 1.52. The third-order valence-corrected chi connectivity index (χ3v) is 0.541. The Balaban J connectivity index is 0. The van der Waals surface area contributed by atoms with E-state index in [2.05, 4.69) is 4.74 Å². The molecule has 9 heavy (non-hydrogen) atoms. The van der Waals surface area contributed by atoms with Crippen LogP contribution in [0.25, 0.3) is 0 Å². The number of aldehydes is 1. The van der Waals surface area contributed by atoms with E-state index in [1.54, 1.807) is 0 Å². The first kappa shape index (κ1) is 11.9. The molecule has 0 atom stereocenters. The molecule has 0 aromatic rings. The van der Waals surface area contributed by atoms with Crippen molar-refractivity contribution in [3.63, 3.8) is 0 Å². The number of rotatable bonds is 3. The number of hydrogen-bond acceptors (Lipinski definition) is 3. The van der Waals surface area contributed by atoms with E-state index in [1.807, 2.05) is 0 Å². The monoisotopic (exact) mass is 140 g/mol. The third-order valence-electron chi connectivity index (χ3n) is 0.541. The maximum absolute atomic E-state index is 9.98. The summed E-state index contributed by atoms with van der Waals surface area (Å²) in [6.07, 6.45) is 1.00.